The first-order chi connectivity index (χ1) is 9.43. The number of rotatable bonds is 1. The number of fused-ring (bicyclic) bond motifs is 1. The summed E-state index contributed by atoms with van der Waals surface area (Å²) >= 11 is 0.405. The number of hydrogen-bond acceptors (Lipinski definition) is 1. The fraction of sp³-hybridized carbons (Fsp3) is 0.278. The van der Waals surface area contributed by atoms with Crippen molar-refractivity contribution in [2.24, 2.45) is 0 Å². The van der Waals surface area contributed by atoms with Gasteiger partial charge in [0.25, 0.3) is 0 Å². The molecule has 3 aromatic rings. The third-order valence-corrected chi connectivity index (χ3v) is 5.28. The van der Waals surface area contributed by atoms with E-state index in [2.05, 4.69) is 69.0 Å². The van der Waals surface area contributed by atoms with Crippen molar-refractivity contribution in [1.82, 2.24) is 4.98 Å². The summed E-state index contributed by atoms with van der Waals surface area (Å²) in [6, 6.07) is 13.3. The zero-order chi connectivity index (χ0) is 14.3. The second-order valence-electron chi connectivity index (χ2n) is 6.35. The zero-order valence-electron chi connectivity index (χ0n) is 12.4. The van der Waals surface area contributed by atoms with Gasteiger partial charge >= 0.3 is 126 Å². The molecule has 0 spiro atoms. The molecule has 0 saturated heterocycles. The molecular weight excluding hydrogens is 309 g/mol. The van der Waals surface area contributed by atoms with Crippen molar-refractivity contribution < 1.29 is 0 Å². The van der Waals surface area contributed by atoms with Crippen LogP contribution < -0.4 is 0 Å². The van der Waals surface area contributed by atoms with Gasteiger partial charge in [-0.25, -0.2) is 0 Å². The fourth-order valence-electron chi connectivity index (χ4n) is 2.37. The first kappa shape index (κ1) is 13.6. The Morgan fingerprint density at radius 3 is 2.55 bits per heavy atom. The molecule has 0 N–H and O–H groups in total. The maximum absolute atomic E-state index is 4.85. The molecule has 0 amide bonds. The molecule has 2 heterocycles. The van der Waals surface area contributed by atoms with E-state index in [4.69, 9.17) is 4.98 Å². The van der Waals surface area contributed by atoms with Crippen molar-refractivity contribution in [1.29, 1.82) is 0 Å². The number of nitrogens with zero attached hydrogens (tertiary/aromatic N) is 1. The zero-order valence-corrected chi connectivity index (χ0v) is 14.1. The minimum atomic E-state index is 0.170. The van der Waals surface area contributed by atoms with Gasteiger partial charge in [0.05, 0.1) is 0 Å². The molecule has 0 bridgehead atoms. The van der Waals surface area contributed by atoms with Crippen LogP contribution in [-0.4, -0.2) is 19.5 Å². The molecule has 1 nitrogen and oxygen atoms in total. The van der Waals surface area contributed by atoms with Gasteiger partial charge in [-0.15, -0.1) is 0 Å². The first-order valence-corrected chi connectivity index (χ1v) is 8.75. The van der Waals surface area contributed by atoms with Crippen LogP contribution in [0.2, 0.25) is 0 Å². The Morgan fingerprint density at radius 2 is 1.80 bits per heavy atom. The molecule has 2 aromatic heterocycles. The Bertz CT molecular complexity index is 762. The van der Waals surface area contributed by atoms with Crippen LogP contribution in [0.25, 0.3) is 21.0 Å². The van der Waals surface area contributed by atoms with Gasteiger partial charge in [0.15, 0.2) is 0 Å². The van der Waals surface area contributed by atoms with Crippen molar-refractivity contribution in [2.75, 3.05) is 0 Å². The average molecular weight is 328 g/mol. The number of hydrogen-bond donors (Lipinski definition) is 0. The molecule has 0 fully saturated rings. The van der Waals surface area contributed by atoms with Crippen LogP contribution in [0.3, 0.4) is 0 Å². The van der Waals surface area contributed by atoms with Gasteiger partial charge < -0.3 is 0 Å². The van der Waals surface area contributed by atoms with Crippen molar-refractivity contribution in [3.05, 3.63) is 52.5 Å². The fourth-order valence-corrected chi connectivity index (χ4v) is 3.98. The van der Waals surface area contributed by atoms with E-state index in [-0.39, 0.29) is 5.41 Å². The van der Waals surface area contributed by atoms with Crippen LogP contribution in [-0.2, 0) is 5.41 Å². The molecule has 0 atom stereocenters. The monoisotopic (exact) mass is 329 g/mol. The van der Waals surface area contributed by atoms with Crippen LogP contribution in [0.5, 0.6) is 0 Å². The number of benzene rings is 1. The molecular formula is C18H19NSe. The molecule has 0 aliphatic heterocycles. The molecule has 102 valence electrons. The minimum absolute atomic E-state index is 0.170. The molecule has 3 rings (SSSR count). The first-order valence-electron chi connectivity index (χ1n) is 6.90. The van der Waals surface area contributed by atoms with E-state index in [0.29, 0.717) is 14.5 Å². The van der Waals surface area contributed by atoms with Crippen molar-refractivity contribution in [2.45, 2.75) is 33.1 Å². The van der Waals surface area contributed by atoms with Crippen molar-refractivity contribution >= 4 is 24.3 Å². The van der Waals surface area contributed by atoms with E-state index in [1.807, 2.05) is 0 Å². The quantitative estimate of drug-likeness (QED) is 0.597. The molecule has 2 heteroatoms. The number of aryl methyl sites for hydroxylation is 1. The topological polar surface area (TPSA) is 12.9 Å². The summed E-state index contributed by atoms with van der Waals surface area (Å²) < 4.78 is 1.26. The van der Waals surface area contributed by atoms with Crippen molar-refractivity contribution in [3.8, 4) is 11.3 Å². The number of pyridine rings is 1. The van der Waals surface area contributed by atoms with E-state index in [1.54, 1.807) is 0 Å². The molecule has 1 aromatic carbocycles. The third kappa shape index (κ3) is 2.59. The van der Waals surface area contributed by atoms with Crippen LogP contribution in [0, 0.1) is 6.92 Å². The normalized spacial score (nSPS) is 12.0. The molecule has 20 heavy (non-hydrogen) atoms. The molecule has 0 saturated carbocycles. The predicted molar refractivity (Wildman–Crippen MR) is 87.6 cm³/mol. The van der Waals surface area contributed by atoms with E-state index in [9.17, 15) is 0 Å². The predicted octanol–water partition coefficient (Wildman–Crippen LogP) is 4.56. The van der Waals surface area contributed by atoms with E-state index in [1.165, 1.54) is 26.5 Å². The summed E-state index contributed by atoms with van der Waals surface area (Å²) in [7, 11) is 0. The Balaban J connectivity index is 2.15. The number of aromatic nitrogens is 1. The van der Waals surface area contributed by atoms with E-state index in [0.717, 1.165) is 5.69 Å². The van der Waals surface area contributed by atoms with Gasteiger partial charge in [0.1, 0.15) is 0 Å². The van der Waals surface area contributed by atoms with Gasteiger partial charge in [0, 0.05) is 0 Å². The van der Waals surface area contributed by atoms with Crippen LogP contribution >= 0.6 is 0 Å². The van der Waals surface area contributed by atoms with Crippen LogP contribution in [0.1, 0.15) is 31.9 Å². The molecule has 0 aliphatic carbocycles. The van der Waals surface area contributed by atoms with Crippen LogP contribution in [0.15, 0.2) is 41.3 Å². The summed E-state index contributed by atoms with van der Waals surface area (Å²) in [5, 5.41) is 1.29. The van der Waals surface area contributed by atoms with Gasteiger partial charge in [-0.2, -0.15) is 0 Å². The second-order valence-corrected chi connectivity index (χ2v) is 8.23. The summed E-state index contributed by atoms with van der Waals surface area (Å²) in [6.07, 6.45) is 0. The summed E-state index contributed by atoms with van der Waals surface area (Å²) in [5.41, 5.74) is 5.18. The Kier molecular flexibility index (Phi) is 3.32. The SMILES string of the molecule is Cc1cc(-c2ccc3cc[se]c3n2)cc(C(C)(C)C)c1. The van der Waals surface area contributed by atoms with Gasteiger partial charge in [-0.1, -0.05) is 0 Å². The van der Waals surface area contributed by atoms with Gasteiger partial charge in [-0.3, -0.25) is 0 Å². The molecule has 0 radical (unpaired) electrons. The van der Waals surface area contributed by atoms with Crippen LogP contribution in [0.4, 0.5) is 0 Å². The van der Waals surface area contributed by atoms with E-state index >= 15 is 0 Å². The second kappa shape index (κ2) is 4.87. The van der Waals surface area contributed by atoms with Crippen molar-refractivity contribution in [3.63, 3.8) is 0 Å². The Morgan fingerprint density at radius 1 is 1.00 bits per heavy atom. The van der Waals surface area contributed by atoms with Gasteiger partial charge in [-0.05, 0) is 0 Å². The Labute approximate surface area is 126 Å². The maximum atomic E-state index is 4.85. The summed E-state index contributed by atoms with van der Waals surface area (Å²) in [4.78, 5) is 7.09. The average Bonchev–Trinajstić information content (AvgIpc) is 2.84. The summed E-state index contributed by atoms with van der Waals surface area (Å²) in [6.45, 7) is 8.94. The Hall–Kier alpha value is -1.37. The third-order valence-electron chi connectivity index (χ3n) is 3.56. The molecule has 0 unspecified atom stereocenters. The van der Waals surface area contributed by atoms with E-state index < -0.39 is 0 Å². The van der Waals surface area contributed by atoms with Gasteiger partial charge in [0.2, 0.25) is 0 Å². The molecule has 0 aliphatic rings. The summed E-state index contributed by atoms with van der Waals surface area (Å²) in [5.74, 6) is 0. The standard InChI is InChI=1S/C18H19NSe/c1-12-9-14(11-15(10-12)18(2,3)4)16-6-5-13-7-8-20-17(13)19-16/h5-11H,1-4H3.